The van der Waals surface area contributed by atoms with E-state index in [-0.39, 0.29) is 11.4 Å². The Bertz CT molecular complexity index is 679. The number of rotatable bonds is 5. The molecule has 0 aromatic heterocycles. The predicted molar refractivity (Wildman–Crippen MR) is 81.1 cm³/mol. The van der Waals surface area contributed by atoms with Crippen LogP contribution >= 0.6 is 15.9 Å². The molecule has 0 amide bonds. The molecule has 0 fully saturated rings. The molecular formula is C14H12BrFN2O3. The predicted octanol–water partition coefficient (Wildman–Crippen LogP) is 4.12. The van der Waals surface area contributed by atoms with Gasteiger partial charge in [0.2, 0.25) is 0 Å². The van der Waals surface area contributed by atoms with Gasteiger partial charge in [0.25, 0.3) is 5.69 Å². The van der Waals surface area contributed by atoms with E-state index in [0.29, 0.717) is 12.3 Å². The maximum Gasteiger partial charge on any atom is 0.271 e. The number of nitro groups is 1. The molecule has 0 atom stereocenters. The second kappa shape index (κ2) is 6.53. The van der Waals surface area contributed by atoms with Crippen molar-refractivity contribution in [2.24, 2.45) is 0 Å². The summed E-state index contributed by atoms with van der Waals surface area (Å²) < 4.78 is 19.6. The highest BCUT2D eigenvalue weighted by Crippen LogP contribution is 2.25. The van der Waals surface area contributed by atoms with Gasteiger partial charge in [-0.05, 0) is 29.8 Å². The van der Waals surface area contributed by atoms with Crippen molar-refractivity contribution >= 4 is 27.3 Å². The van der Waals surface area contributed by atoms with E-state index in [1.807, 2.05) is 6.07 Å². The number of nitro benzene ring substituents is 1. The Morgan fingerprint density at radius 2 is 2.10 bits per heavy atom. The molecule has 5 nitrogen and oxygen atoms in total. The van der Waals surface area contributed by atoms with E-state index in [2.05, 4.69) is 21.2 Å². The lowest BCUT2D eigenvalue weighted by atomic mass is 10.2. The van der Waals surface area contributed by atoms with Gasteiger partial charge in [-0.15, -0.1) is 0 Å². The van der Waals surface area contributed by atoms with Gasteiger partial charge in [0, 0.05) is 23.2 Å². The average Bonchev–Trinajstić information content (AvgIpc) is 2.47. The average molecular weight is 355 g/mol. The summed E-state index contributed by atoms with van der Waals surface area (Å²) in [7, 11) is 1.56. The third-order valence-electron chi connectivity index (χ3n) is 2.88. The molecule has 0 saturated carbocycles. The lowest BCUT2D eigenvalue weighted by molar-refractivity contribution is -0.384. The number of nitrogens with one attached hydrogen (secondary N) is 1. The quantitative estimate of drug-likeness (QED) is 0.647. The van der Waals surface area contributed by atoms with Crippen LogP contribution in [0.3, 0.4) is 0 Å². The Morgan fingerprint density at radius 1 is 1.33 bits per heavy atom. The van der Waals surface area contributed by atoms with E-state index in [1.54, 1.807) is 19.2 Å². The number of methoxy groups -OCH3 is 1. The third kappa shape index (κ3) is 3.69. The summed E-state index contributed by atoms with van der Waals surface area (Å²) >= 11 is 3.39. The summed E-state index contributed by atoms with van der Waals surface area (Å²) in [5.74, 6) is 0.133. The number of hydrogen-bond acceptors (Lipinski definition) is 4. The van der Waals surface area contributed by atoms with Gasteiger partial charge in [-0.1, -0.05) is 15.9 Å². The van der Waals surface area contributed by atoms with Gasteiger partial charge >= 0.3 is 0 Å². The van der Waals surface area contributed by atoms with Crippen molar-refractivity contribution in [3.63, 3.8) is 0 Å². The lowest BCUT2D eigenvalue weighted by Gasteiger charge is -2.10. The van der Waals surface area contributed by atoms with Crippen molar-refractivity contribution in [1.82, 2.24) is 0 Å². The number of halogens is 2. The van der Waals surface area contributed by atoms with E-state index in [9.17, 15) is 14.5 Å². The fourth-order valence-electron chi connectivity index (χ4n) is 1.77. The third-order valence-corrected chi connectivity index (χ3v) is 3.66. The van der Waals surface area contributed by atoms with Gasteiger partial charge < -0.3 is 10.1 Å². The van der Waals surface area contributed by atoms with Crippen LogP contribution in [0.5, 0.6) is 5.75 Å². The first-order valence-corrected chi connectivity index (χ1v) is 6.81. The fraction of sp³-hybridized carbons (Fsp3) is 0.143. The molecular weight excluding hydrogens is 343 g/mol. The number of anilines is 1. The highest BCUT2D eigenvalue weighted by Gasteiger charge is 2.11. The maximum absolute atomic E-state index is 13.7. The van der Waals surface area contributed by atoms with Crippen LogP contribution in [0.15, 0.2) is 40.9 Å². The van der Waals surface area contributed by atoms with E-state index in [0.717, 1.165) is 22.2 Å². The molecule has 0 bridgehead atoms. The van der Waals surface area contributed by atoms with Crippen molar-refractivity contribution in [3.8, 4) is 5.75 Å². The molecule has 0 aliphatic heterocycles. The first-order valence-electron chi connectivity index (χ1n) is 6.01. The summed E-state index contributed by atoms with van der Waals surface area (Å²) in [6.45, 7) is 0.301. The van der Waals surface area contributed by atoms with Crippen LogP contribution in [0.4, 0.5) is 15.8 Å². The zero-order valence-electron chi connectivity index (χ0n) is 11.1. The molecule has 21 heavy (non-hydrogen) atoms. The molecule has 2 aromatic rings. The van der Waals surface area contributed by atoms with Crippen molar-refractivity contribution in [3.05, 3.63) is 62.4 Å². The summed E-state index contributed by atoms with van der Waals surface area (Å²) in [4.78, 5) is 10.1. The summed E-state index contributed by atoms with van der Waals surface area (Å²) in [5.41, 5.74) is 0.766. The van der Waals surface area contributed by atoms with Crippen LogP contribution in [-0.2, 0) is 6.54 Å². The molecule has 0 radical (unpaired) electrons. The monoisotopic (exact) mass is 354 g/mol. The number of nitrogens with zero attached hydrogens (tertiary/aromatic N) is 1. The smallest absolute Gasteiger partial charge is 0.271 e. The minimum absolute atomic E-state index is 0.0823. The standard InChI is InChI=1S/C14H12BrFN2O3/c1-21-11-3-4-12(15)9(6-11)8-17-14-7-10(18(19)20)2-5-13(14)16/h2-7,17H,8H2,1H3. The molecule has 7 heteroatoms. The van der Waals surface area contributed by atoms with Crippen LogP contribution < -0.4 is 10.1 Å². The Morgan fingerprint density at radius 3 is 2.76 bits per heavy atom. The molecule has 0 aliphatic carbocycles. The molecule has 0 aliphatic rings. The molecule has 110 valence electrons. The number of non-ortho nitro benzene ring substituents is 1. The topological polar surface area (TPSA) is 64.4 Å². The van der Waals surface area contributed by atoms with Gasteiger partial charge in [-0.25, -0.2) is 4.39 Å². The lowest BCUT2D eigenvalue weighted by Crippen LogP contribution is -2.03. The van der Waals surface area contributed by atoms with Crippen molar-refractivity contribution < 1.29 is 14.1 Å². The summed E-state index contributed by atoms with van der Waals surface area (Å²) in [6.07, 6.45) is 0. The minimum Gasteiger partial charge on any atom is -0.497 e. The van der Waals surface area contributed by atoms with Crippen LogP contribution in [0.2, 0.25) is 0 Å². The number of benzene rings is 2. The first-order chi connectivity index (χ1) is 10.0. The number of hydrogen-bond donors (Lipinski definition) is 1. The molecule has 2 aromatic carbocycles. The molecule has 0 saturated heterocycles. The zero-order valence-corrected chi connectivity index (χ0v) is 12.7. The molecule has 0 unspecified atom stereocenters. The van der Waals surface area contributed by atoms with Crippen LogP contribution in [0.25, 0.3) is 0 Å². The van der Waals surface area contributed by atoms with Gasteiger partial charge in [0.1, 0.15) is 11.6 Å². The maximum atomic E-state index is 13.7. The van der Waals surface area contributed by atoms with Crippen LogP contribution in [-0.4, -0.2) is 12.0 Å². The highest BCUT2D eigenvalue weighted by atomic mass is 79.9. The molecule has 0 heterocycles. The van der Waals surface area contributed by atoms with Gasteiger partial charge in [-0.2, -0.15) is 0 Å². The fourth-order valence-corrected chi connectivity index (χ4v) is 2.15. The normalized spacial score (nSPS) is 10.2. The largest absolute Gasteiger partial charge is 0.497 e. The Balaban J connectivity index is 2.20. The molecule has 2 rings (SSSR count). The Labute approximate surface area is 129 Å². The second-order valence-corrected chi connectivity index (χ2v) is 5.09. The van der Waals surface area contributed by atoms with Crippen molar-refractivity contribution in [1.29, 1.82) is 0 Å². The van der Waals surface area contributed by atoms with Crippen molar-refractivity contribution in [2.45, 2.75) is 6.54 Å². The van der Waals surface area contributed by atoms with Crippen molar-refractivity contribution in [2.75, 3.05) is 12.4 Å². The van der Waals surface area contributed by atoms with Crippen LogP contribution in [0, 0.1) is 15.9 Å². The van der Waals surface area contributed by atoms with Crippen LogP contribution in [0.1, 0.15) is 5.56 Å². The first kappa shape index (κ1) is 15.2. The summed E-state index contributed by atoms with van der Waals surface area (Å²) in [5, 5.41) is 13.6. The highest BCUT2D eigenvalue weighted by molar-refractivity contribution is 9.10. The zero-order chi connectivity index (χ0) is 15.4. The van der Waals surface area contributed by atoms with E-state index in [1.165, 1.54) is 6.07 Å². The van der Waals surface area contributed by atoms with Gasteiger partial charge in [0.05, 0.1) is 17.7 Å². The molecule has 0 spiro atoms. The number of ether oxygens (including phenoxy) is 1. The van der Waals surface area contributed by atoms with Gasteiger partial charge in [0.15, 0.2) is 0 Å². The Hall–Kier alpha value is -2.15. The Kier molecular flexibility index (Phi) is 4.74. The van der Waals surface area contributed by atoms with E-state index < -0.39 is 10.7 Å². The SMILES string of the molecule is COc1ccc(Br)c(CNc2cc([N+](=O)[O-])ccc2F)c1. The summed E-state index contributed by atoms with van der Waals surface area (Å²) in [6, 6.07) is 8.78. The molecule has 1 N–H and O–H groups in total. The van der Waals surface area contributed by atoms with E-state index >= 15 is 0 Å². The second-order valence-electron chi connectivity index (χ2n) is 4.23. The minimum atomic E-state index is -0.563. The van der Waals surface area contributed by atoms with E-state index in [4.69, 9.17) is 4.74 Å². The van der Waals surface area contributed by atoms with Gasteiger partial charge in [-0.3, -0.25) is 10.1 Å².